The largest absolute Gasteiger partial charge is 0.544 e. The second kappa shape index (κ2) is 33.7. The Bertz CT molecular complexity index is 922. The monoisotopic (exact) mass is 706 g/mol. The van der Waals surface area contributed by atoms with Gasteiger partial charge in [0.2, 0.25) is 0 Å². The number of carboxylic acid groups (broad SMARTS) is 1. The summed E-state index contributed by atoms with van der Waals surface area (Å²) in [5, 5.41) is 11.6. The highest BCUT2D eigenvalue weighted by Crippen LogP contribution is 2.12. The first-order chi connectivity index (χ1) is 24.1. The molecule has 0 aromatic heterocycles. The van der Waals surface area contributed by atoms with E-state index in [9.17, 15) is 19.5 Å². The van der Waals surface area contributed by atoms with E-state index in [2.05, 4.69) is 50.3 Å². The maximum atomic E-state index is 12.6. The van der Waals surface area contributed by atoms with Crippen molar-refractivity contribution in [2.75, 3.05) is 41.0 Å². The Morgan fingerprint density at radius 1 is 0.600 bits per heavy atom. The Morgan fingerprint density at radius 2 is 1.08 bits per heavy atom. The van der Waals surface area contributed by atoms with Crippen molar-refractivity contribution in [1.29, 1.82) is 0 Å². The van der Waals surface area contributed by atoms with Crippen LogP contribution in [-0.2, 0) is 28.6 Å². The van der Waals surface area contributed by atoms with Gasteiger partial charge in [-0.05, 0) is 57.8 Å². The first kappa shape index (κ1) is 47.5. The highest BCUT2D eigenvalue weighted by Gasteiger charge is 2.25. The first-order valence-corrected chi connectivity index (χ1v) is 20.0. The van der Waals surface area contributed by atoms with Crippen LogP contribution in [-0.4, -0.2) is 75.5 Å². The molecule has 8 heteroatoms. The van der Waals surface area contributed by atoms with Gasteiger partial charge < -0.3 is 28.6 Å². The zero-order valence-corrected chi connectivity index (χ0v) is 32.8. The number of hydrogen-bond acceptors (Lipinski definition) is 7. The molecular weight excluding hydrogens is 630 g/mol. The number of esters is 2. The minimum absolute atomic E-state index is 0.0279. The molecule has 2 atom stereocenters. The van der Waals surface area contributed by atoms with Crippen LogP contribution in [0.4, 0.5) is 0 Å². The zero-order valence-electron chi connectivity index (χ0n) is 32.8. The van der Waals surface area contributed by atoms with E-state index in [1.165, 1.54) is 57.8 Å². The topological polar surface area (TPSA) is 102 Å². The van der Waals surface area contributed by atoms with E-state index in [1.807, 2.05) is 0 Å². The SMILES string of the molecule is CCCC/C=C/CCCCCCC(=O)OC(COCCC(C(=O)[O-])[N+](C)(C)C)COC(=O)CCCCC/C=C/C=C/CCCCCCCCC. The number of carbonyl (C=O) groups excluding carboxylic acids is 3. The molecule has 290 valence electrons. The third-order valence-corrected chi connectivity index (χ3v) is 8.78. The number of ether oxygens (including phenoxy) is 3. The summed E-state index contributed by atoms with van der Waals surface area (Å²) in [4.78, 5) is 36.6. The van der Waals surface area contributed by atoms with Crippen LogP contribution in [0, 0.1) is 0 Å². The summed E-state index contributed by atoms with van der Waals surface area (Å²) in [7, 11) is 5.38. The van der Waals surface area contributed by atoms with Crippen molar-refractivity contribution in [2.45, 2.75) is 174 Å². The molecule has 0 aliphatic carbocycles. The predicted octanol–water partition coefficient (Wildman–Crippen LogP) is 8.96. The lowest BCUT2D eigenvalue weighted by Crippen LogP contribution is -2.55. The highest BCUT2D eigenvalue weighted by molar-refractivity contribution is 5.70. The molecule has 0 aromatic rings. The van der Waals surface area contributed by atoms with E-state index in [-0.39, 0.29) is 42.7 Å². The number of allylic oxidation sites excluding steroid dienone is 6. The number of carboxylic acids is 1. The van der Waals surface area contributed by atoms with E-state index in [0.29, 0.717) is 12.8 Å². The molecule has 0 amide bonds. The van der Waals surface area contributed by atoms with Gasteiger partial charge in [0, 0.05) is 19.3 Å². The van der Waals surface area contributed by atoms with E-state index < -0.39 is 18.1 Å². The van der Waals surface area contributed by atoms with Crippen molar-refractivity contribution >= 4 is 17.9 Å². The predicted molar refractivity (Wildman–Crippen MR) is 203 cm³/mol. The van der Waals surface area contributed by atoms with Gasteiger partial charge >= 0.3 is 11.9 Å². The molecule has 0 saturated heterocycles. The molecule has 0 N–H and O–H groups in total. The van der Waals surface area contributed by atoms with Crippen LogP contribution in [0.5, 0.6) is 0 Å². The van der Waals surface area contributed by atoms with Crippen LogP contribution in [0.3, 0.4) is 0 Å². The summed E-state index contributed by atoms with van der Waals surface area (Å²) < 4.78 is 17.0. The maximum absolute atomic E-state index is 12.6. The van der Waals surface area contributed by atoms with Gasteiger partial charge in [0.15, 0.2) is 6.10 Å². The Labute approximate surface area is 306 Å². The molecule has 0 aromatic carbocycles. The van der Waals surface area contributed by atoms with Gasteiger partial charge in [-0.1, -0.05) is 121 Å². The Hall–Kier alpha value is -2.45. The Kier molecular flexibility index (Phi) is 32.0. The molecule has 8 nitrogen and oxygen atoms in total. The molecule has 0 spiro atoms. The standard InChI is InChI=1S/C42H75NO7/c1-6-8-10-12-14-16-18-19-20-21-22-23-25-26-28-30-32-40(44)49-37-38(36-48-35-34-39(42(46)47)43(3,4)5)50-41(45)33-31-29-27-24-17-15-13-11-9-7-2/h13,15,20-23,38-39H,6-12,14,16-19,24-37H2,1-5H3/b15-13+,21-20+,23-22+. The quantitative estimate of drug-likeness (QED) is 0.0213. The summed E-state index contributed by atoms with van der Waals surface area (Å²) >= 11 is 0. The molecule has 0 aliphatic rings. The second-order valence-corrected chi connectivity index (χ2v) is 14.5. The van der Waals surface area contributed by atoms with Crippen molar-refractivity contribution in [3.63, 3.8) is 0 Å². The lowest BCUT2D eigenvalue weighted by Gasteiger charge is -2.34. The van der Waals surface area contributed by atoms with Gasteiger partial charge in [-0.15, -0.1) is 0 Å². The number of nitrogens with zero attached hydrogens (tertiary/aromatic N) is 1. The van der Waals surface area contributed by atoms with Crippen molar-refractivity contribution in [1.82, 2.24) is 0 Å². The fourth-order valence-electron chi connectivity index (χ4n) is 5.57. The van der Waals surface area contributed by atoms with Crippen molar-refractivity contribution < 1.29 is 38.2 Å². The molecule has 0 aliphatic heterocycles. The summed E-state index contributed by atoms with van der Waals surface area (Å²) in [5.41, 5.74) is 0. The maximum Gasteiger partial charge on any atom is 0.306 e. The van der Waals surface area contributed by atoms with Crippen molar-refractivity contribution in [3.8, 4) is 0 Å². The molecule has 0 saturated carbocycles. The third kappa shape index (κ3) is 31.5. The lowest BCUT2D eigenvalue weighted by molar-refractivity contribution is -0.889. The average Bonchev–Trinajstić information content (AvgIpc) is 3.06. The molecule has 0 rings (SSSR count). The number of quaternary nitrogens is 1. The van der Waals surface area contributed by atoms with Gasteiger partial charge in [-0.25, -0.2) is 0 Å². The van der Waals surface area contributed by atoms with Crippen LogP contribution in [0.15, 0.2) is 36.5 Å². The minimum Gasteiger partial charge on any atom is -0.544 e. The summed E-state index contributed by atoms with van der Waals surface area (Å²) in [6.45, 7) is 4.55. The van der Waals surface area contributed by atoms with Gasteiger partial charge in [-0.3, -0.25) is 9.59 Å². The Balaban J connectivity index is 4.43. The van der Waals surface area contributed by atoms with Crippen LogP contribution >= 0.6 is 0 Å². The van der Waals surface area contributed by atoms with E-state index in [0.717, 1.165) is 70.6 Å². The summed E-state index contributed by atoms with van der Waals surface area (Å²) in [5.74, 6) is -1.79. The molecule has 0 fully saturated rings. The third-order valence-electron chi connectivity index (χ3n) is 8.78. The van der Waals surface area contributed by atoms with E-state index >= 15 is 0 Å². The number of likely N-dealkylation sites (N-methyl/N-ethyl adjacent to an activating group) is 1. The van der Waals surface area contributed by atoms with Crippen molar-refractivity contribution in [2.24, 2.45) is 0 Å². The number of unbranched alkanes of at least 4 members (excludes halogenated alkanes) is 16. The zero-order chi connectivity index (χ0) is 37.1. The highest BCUT2D eigenvalue weighted by atomic mass is 16.6. The number of carbonyl (C=O) groups is 3. The molecule has 50 heavy (non-hydrogen) atoms. The molecule has 0 heterocycles. The fourth-order valence-corrected chi connectivity index (χ4v) is 5.57. The van der Waals surface area contributed by atoms with Crippen molar-refractivity contribution in [3.05, 3.63) is 36.5 Å². The van der Waals surface area contributed by atoms with Crippen LogP contribution in [0.1, 0.15) is 162 Å². The molecule has 2 unspecified atom stereocenters. The van der Waals surface area contributed by atoms with Gasteiger partial charge in [0.25, 0.3) is 0 Å². The summed E-state index contributed by atoms with van der Waals surface area (Å²) in [6.07, 6.45) is 36.0. The van der Waals surface area contributed by atoms with Gasteiger partial charge in [-0.2, -0.15) is 0 Å². The van der Waals surface area contributed by atoms with E-state index in [1.54, 1.807) is 21.1 Å². The second-order valence-electron chi connectivity index (χ2n) is 14.5. The van der Waals surface area contributed by atoms with Crippen LogP contribution < -0.4 is 5.11 Å². The Morgan fingerprint density at radius 3 is 1.64 bits per heavy atom. The number of hydrogen-bond donors (Lipinski definition) is 0. The molecule has 0 radical (unpaired) electrons. The average molecular weight is 706 g/mol. The normalized spacial score (nSPS) is 13.4. The smallest absolute Gasteiger partial charge is 0.306 e. The minimum atomic E-state index is -1.13. The molecular formula is C42H75NO7. The van der Waals surface area contributed by atoms with Gasteiger partial charge in [0.05, 0.1) is 40.3 Å². The summed E-state index contributed by atoms with van der Waals surface area (Å²) in [6, 6.07) is -0.729. The fraction of sp³-hybridized carbons (Fsp3) is 0.786. The number of aliphatic carboxylic acids is 1. The van der Waals surface area contributed by atoms with Gasteiger partial charge in [0.1, 0.15) is 12.6 Å². The van der Waals surface area contributed by atoms with E-state index in [4.69, 9.17) is 14.2 Å². The first-order valence-electron chi connectivity index (χ1n) is 20.0. The lowest BCUT2D eigenvalue weighted by atomic mass is 10.1. The van der Waals surface area contributed by atoms with Crippen LogP contribution in [0.25, 0.3) is 0 Å². The van der Waals surface area contributed by atoms with Crippen LogP contribution in [0.2, 0.25) is 0 Å². The molecule has 0 bridgehead atoms. The number of rotatable bonds is 35.